The molecule has 1 aliphatic heterocycles. The molecule has 2 aromatic carbocycles. The molecule has 4 atom stereocenters. The summed E-state index contributed by atoms with van der Waals surface area (Å²) >= 11 is 12.3. The van der Waals surface area contributed by atoms with Crippen molar-refractivity contribution in [2.75, 3.05) is 5.75 Å². The molecule has 0 unspecified atom stereocenters. The molecule has 1 heterocycles. The number of amides is 2. The average Bonchev–Trinajstić information content (AvgIpc) is 3.65. The van der Waals surface area contributed by atoms with E-state index in [1.54, 1.807) is 51.1 Å². The van der Waals surface area contributed by atoms with Crippen LogP contribution in [0.25, 0.3) is 0 Å². The maximum atomic E-state index is 14.8. The summed E-state index contributed by atoms with van der Waals surface area (Å²) in [7, 11) is -3.69. The van der Waals surface area contributed by atoms with E-state index in [9.17, 15) is 22.4 Å². The summed E-state index contributed by atoms with van der Waals surface area (Å²) < 4.78 is 47.1. The van der Waals surface area contributed by atoms with Gasteiger partial charge in [-0.25, -0.2) is 12.8 Å². The van der Waals surface area contributed by atoms with E-state index in [0.717, 1.165) is 12.8 Å². The van der Waals surface area contributed by atoms with E-state index in [1.165, 1.54) is 24.0 Å². The Morgan fingerprint density at radius 2 is 1.85 bits per heavy atom. The number of primary amides is 1. The number of halogens is 3. The van der Waals surface area contributed by atoms with Gasteiger partial charge in [-0.15, -0.1) is 0 Å². The Kier molecular flexibility index (Phi) is 8.13. The first-order valence-corrected chi connectivity index (χ1v) is 15.2. The minimum Gasteiger partial charge on any atom is -0.370 e. The Bertz CT molecular complexity index is 1390. The number of rotatable bonds is 8. The van der Waals surface area contributed by atoms with Crippen LogP contribution in [0.1, 0.15) is 70.2 Å². The van der Waals surface area contributed by atoms with Crippen LogP contribution >= 0.6 is 23.2 Å². The molecular weight excluding hydrogens is 566 g/mol. The third-order valence-corrected chi connectivity index (χ3v) is 10.7. The number of carbonyl (C=O) groups excluding carboxylic acids is 2. The SMILES string of the molecule is CC(C)(C)S(=O)(=O)C[C@H](C1CC1)N1C(=O)[C@](C)(CC(N)=O)O[C@H](c2cccc(Cl)c2)[C@H]1c1ccc(Cl)c(F)c1. The second kappa shape index (κ2) is 10.7. The Morgan fingerprint density at radius 1 is 1.18 bits per heavy atom. The summed E-state index contributed by atoms with van der Waals surface area (Å²) in [5, 5.41) is 0.312. The zero-order valence-electron chi connectivity index (χ0n) is 22.3. The van der Waals surface area contributed by atoms with Gasteiger partial charge < -0.3 is 15.4 Å². The van der Waals surface area contributed by atoms with Crippen molar-refractivity contribution in [1.82, 2.24) is 4.90 Å². The first-order valence-electron chi connectivity index (χ1n) is 12.8. The second-order valence-electron chi connectivity index (χ2n) is 11.6. The number of morpholine rings is 1. The first kappa shape index (κ1) is 29.8. The van der Waals surface area contributed by atoms with E-state index in [-0.39, 0.29) is 16.7 Å². The zero-order chi connectivity index (χ0) is 28.9. The molecule has 0 aromatic heterocycles. The predicted octanol–water partition coefficient (Wildman–Crippen LogP) is 5.40. The monoisotopic (exact) mass is 598 g/mol. The number of ether oxygens (including phenoxy) is 1. The number of benzene rings is 2. The van der Waals surface area contributed by atoms with Crippen molar-refractivity contribution in [3.63, 3.8) is 0 Å². The topological polar surface area (TPSA) is 107 Å². The number of carbonyl (C=O) groups is 2. The summed E-state index contributed by atoms with van der Waals surface area (Å²) in [5.41, 5.74) is 4.79. The van der Waals surface area contributed by atoms with Gasteiger partial charge in [-0.1, -0.05) is 41.4 Å². The van der Waals surface area contributed by atoms with E-state index in [2.05, 4.69) is 0 Å². The van der Waals surface area contributed by atoms with Gasteiger partial charge in [-0.3, -0.25) is 9.59 Å². The highest BCUT2D eigenvalue weighted by molar-refractivity contribution is 7.92. The maximum absolute atomic E-state index is 14.8. The van der Waals surface area contributed by atoms with Crippen molar-refractivity contribution < 1.29 is 27.1 Å². The molecule has 2 aromatic rings. The molecule has 1 saturated heterocycles. The predicted molar refractivity (Wildman–Crippen MR) is 149 cm³/mol. The Labute approximate surface area is 238 Å². The standard InChI is InChI=1S/C28H33Cl2FN2O5S/c1-27(2,3)39(36,37)15-22(16-8-9-16)33-24(17-10-11-20(30)21(31)13-17)25(18-6-5-7-19(29)12-18)38-28(4,26(33)35)14-23(32)34/h5-7,10-13,16,22,24-25H,8-9,14-15H2,1-4H3,(H2,32,34)/t22-,24-,25-,28+/m1/s1. The van der Waals surface area contributed by atoms with E-state index in [1.807, 2.05) is 0 Å². The number of nitrogens with zero attached hydrogens (tertiary/aromatic N) is 1. The summed E-state index contributed by atoms with van der Waals surface area (Å²) in [6.45, 7) is 6.33. The fourth-order valence-corrected chi connectivity index (χ4v) is 6.81. The van der Waals surface area contributed by atoms with Crippen LogP contribution in [0.3, 0.4) is 0 Å². The van der Waals surface area contributed by atoms with Gasteiger partial charge >= 0.3 is 0 Å². The van der Waals surface area contributed by atoms with Gasteiger partial charge in [0.05, 0.1) is 28.0 Å². The largest absolute Gasteiger partial charge is 0.370 e. The maximum Gasteiger partial charge on any atom is 0.256 e. The van der Waals surface area contributed by atoms with Crippen molar-refractivity contribution in [3.8, 4) is 0 Å². The van der Waals surface area contributed by atoms with E-state index in [0.29, 0.717) is 16.1 Å². The normalized spacial score (nSPS) is 25.0. The van der Waals surface area contributed by atoms with Gasteiger partial charge in [-0.2, -0.15) is 0 Å². The molecular formula is C28H33Cl2FN2O5S. The fourth-order valence-electron chi connectivity index (χ4n) is 5.11. The molecule has 2 fully saturated rings. The van der Waals surface area contributed by atoms with Gasteiger partial charge in [0.2, 0.25) is 5.91 Å². The molecule has 2 amide bonds. The van der Waals surface area contributed by atoms with E-state index < -0.39 is 62.4 Å². The second-order valence-corrected chi connectivity index (χ2v) is 15.2. The lowest BCUT2D eigenvalue weighted by atomic mass is 9.85. The number of hydrogen-bond donors (Lipinski definition) is 1. The van der Waals surface area contributed by atoms with Crippen molar-refractivity contribution in [2.24, 2.45) is 11.7 Å². The van der Waals surface area contributed by atoms with Gasteiger partial charge in [-0.05, 0) is 81.8 Å². The zero-order valence-corrected chi connectivity index (χ0v) is 24.6. The number of sulfone groups is 1. The average molecular weight is 600 g/mol. The molecule has 0 bridgehead atoms. The number of hydrogen-bond acceptors (Lipinski definition) is 5. The van der Waals surface area contributed by atoms with Crippen molar-refractivity contribution in [1.29, 1.82) is 0 Å². The summed E-state index contributed by atoms with van der Waals surface area (Å²) in [6.07, 6.45) is 0.102. The Hall–Kier alpha value is -2.20. The van der Waals surface area contributed by atoms with Gasteiger partial charge in [0.15, 0.2) is 15.4 Å². The highest BCUT2D eigenvalue weighted by Crippen LogP contribution is 2.51. The lowest BCUT2D eigenvalue weighted by Gasteiger charge is -2.52. The minimum absolute atomic E-state index is 0.0957. The van der Waals surface area contributed by atoms with Gasteiger partial charge in [0, 0.05) is 11.1 Å². The van der Waals surface area contributed by atoms with Crippen LogP contribution in [0.5, 0.6) is 0 Å². The minimum atomic E-state index is -3.69. The quantitative estimate of drug-likeness (QED) is 0.438. The van der Waals surface area contributed by atoms with Crippen molar-refractivity contribution in [3.05, 3.63) is 69.5 Å². The third kappa shape index (κ3) is 6.11. The molecule has 1 aliphatic carbocycles. The molecule has 4 rings (SSSR count). The van der Waals surface area contributed by atoms with Crippen LogP contribution in [0, 0.1) is 11.7 Å². The Balaban J connectivity index is 1.97. The van der Waals surface area contributed by atoms with Crippen LogP contribution < -0.4 is 5.73 Å². The van der Waals surface area contributed by atoms with Crippen LogP contribution in [0.4, 0.5) is 4.39 Å². The molecule has 2 N–H and O–H groups in total. The van der Waals surface area contributed by atoms with Crippen LogP contribution in [-0.2, 0) is 24.2 Å². The fraction of sp³-hybridized carbons (Fsp3) is 0.500. The van der Waals surface area contributed by atoms with Crippen molar-refractivity contribution in [2.45, 2.75) is 75.5 Å². The molecule has 1 saturated carbocycles. The highest BCUT2D eigenvalue weighted by atomic mass is 35.5. The molecule has 0 spiro atoms. The number of nitrogens with two attached hydrogens (primary N) is 1. The Morgan fingerprint density at radius 3 is 2.38 bits per heavy atom. The van der Waals surface area contributed by atoms with E-state index in [4.69, 9.17) is 33.7 Å². The van der Waals surface area contributed by atoms with Gasteiger partial charge in [0.1, 0.15) is 11.9 Å². The molecule has 212 valence electrons. The smallest absolute Gasteiger partial charge is 0.256 e. The first-order chi connectivity index (χ1) is 18.0. The molecule has 2 aliphatic rings. The molecule has 0 radical (unpaired) electrons. The molecule has 7 nitrogen and oxygen atoms in total. The van der Waals surface area contributed by atoms with Crippen molar-refractivity contribution >= 4 is 44.9 Å². The summed E-state index contributed by atoms with van der Waals surface area (Å²) in [5.74, 6) is -2.42. The molecule has 39 heavy (non-hydrogen) atoms. The summed E-state index contributed by atoms with van der Waals surface area (Å²) in [4.78, 5) is 27.9. The van der Waals surface area contributed by atoms with Crippen LogP contribution in [-0.4, -0.2) is 47.3 Å². The van der Waals surface area contributed by atoms with Crippen LogP contribution in [0.15, 0.2) is 42.5 Å². The van der Waals surface area contributed by atoms with Gasteiger partial charge in [0.25, 0.3) is 5.91 Å². The third-order valence-electron chi connectivity index (χ3n) is 7.48. The highest BCUT2D eigenvalue weighted by Gasteiger charge is 2.56. The molecule has 11 heteroatoms. The summed E-state index contributed by atoms with van der Waals surface area (Å²) in [6, 6.07) is 9.35. The van der Waals surface area contributed by atoms with E-state index >= 15 is 0 Å². The lowest BCUT2D eigenvalue weighted by Crippen LogP contribution is -2.62. The lowest BCUT2D eigenvalue weighted by molar-refractivity contribution is -0.204. The van der Waals surface area contributed by atoms with Crippen LogP contribution in [0.2, 0.25) is 10.0 Å².